The second kappa shape index (κ2) is 12.8. The van der Waals surface area contributed by atoms with Gasteiger partial charge in [-0.3, -0.25) is 0 Å². The van der Waals surface area contributed by atoms with Crippen LogP contribution in [0.2, 0.25) is 39.3 Å². The Kier molecular flexibility index (Phi) is 9.16. The molecule has 204 valence electrons. The quantitative estimate of drug-likeness (QED) is 0.105. The molecular formula is C38H34N2Si2. The summed E-state index contributed by atoms with van der Waals surface area (Å²) in [7, 11) is -2.87. The average molecular weight is 575 g/mol. The molecule has 0 atom stereocenters. The number of rotatable bonds is 4. The lowest BCUT2D eigenvalue weighted by Gasteiger charge is -2.07. The fourth-order valence-electron chi connectivity index (χ4n) is 4.12. The molecule has 0 aliphatic carbocycles. The molecule has 0 aliphatic heterocycles. The predicted molar refractivity (Wildman–Crippen MR) is 184 cm³/mol. The SMILES string of the molecule is C[Si](C)(C)C#Cc1ccc(/C=C(\C#N)c2ccc3ccc(/C(C#N)=C\c4ccc(C#C[Si](C)(C)C)cc4)cc3c2)cc1. The van der Waals surface area contributed by atoms with Crippen molar-refractivity contribution in [2.75, 3.05) is 0 Å². The highest BCUT2D eigenvalue weighted by Gasteiger charge is 2.09. The molecule has 0 bridgehead atoms. The minimum absolute atomic E-state index is 0.580. The van der Waals surface area contributed by atoms with Crippen LogP contribution in [0.15, 0.2) is 84.9 Å². The van der Waals surface area contributed by atoms with Gasteiger partial charge in [0, 0.05) is 11.1 Å². The molecular weight excluding hydrogens is 541 g/mol. The molecule has 0 radical (unpaired) electrons. The Morgan fingerprint density at radius 3 is 1.24 bits per heavy atom. The first kappa shape index (κ1) is 30.1. The van der Waals surface area contributed by atoms with Gasteiger partial charge in [0.1, 0.15) is 16.1 Å². The predicted octanol–water partition coefficient (Wildman–Crippen LogP) is 9.43. The van der Waals surface area contributed by atoms with E-state index < -0.39 is 16.1 Å². The average Bonchev–Trinajstić information content (AvgIpc) is 2.96. The van der Waals surface area contributed by atoms with Crippen molar-refractivity contribution in [2.45, 2.75) is 39.3 Å². The smallest absolute Gasteiger partial charge is 0.129 e. The van der Waals surface area contributed by atoms with Gasteiger partial charge < -0.3 is 0 Å². The molecule has 4 aromatic rings. The topological polar surface area (TPSA) is 47.6 Å². The molecule has 0 N–H and O–H groups in total. The number of nitrogens with zero attached hydrogens (tertiary/aromatic N) is 2. The Morgan fingerprint density at radius 2 is 0.905 bits per heavy atom. The largest absolute Gasteiger partial charge is 0.192 e. The van der Waals surface area contributed by atoms with Gasteiger partial charge >= 0.3 is 0 Å². The molecule has 0 saturated carbocycles. The van der Waals surface area contributed by atoms with Gasteiger partial charge in [-0.15, -0.1) is 11.1 Å². The van der Waals surface area contributed by atoms with E-state index in [1.807, 2.05) is 97.1 Å². The second-order valence-electron chi connectivity index (χ2n) is 12.4. The van der Waals surface area contributed by atoms with E-state index in [1.54, 1.807) is 0 Å². The summed E-state index contributed by atoms with van der Waals surface area (Å²) in [5, 5.41) is 22.0. The van der Waals surface area contributed by atoms with Crippen molar-refractivity contribution < 1.29 is 0 Å². The molecule has 4 heteroatoms. The maximum absolute atomic E-state index is 9.98. The summed E-state index contributed by atoms with van der Waals surface area (Å²) in [5.41, 5.74) is 13.5. The van der Waals surface area contributed by atoms with E-state index in [4.69, 9.17) is 0 Å². The van der Waals surface area contributed by atoms with Crippen LogP contribution >= 0.6 is 0 Å². The summed E-state index contributed by atoms with van der Waals surface area (Å²) in [5.74, 6) is 6.54. The van der Waals surface area contributed by atoms with Crippen LogP contribution in [0.25, 0.3) is 34.1 Å². The fourth-order valence-corrected chi connectivity index (χ4v) is 5.16. The normalized spacial score (nSPS) is 11.9. The van der Waals surface area contributed by atoms with Crippen molar-refractivity contribution in [3.05, 3.63) is 118 Å². The molecule has 0 spiro atoms. The van der Waals surface area contributed by atoms with Gasteiger partial charge in [-0.2, -0.15) is 10.5 Å². The molecule has 0 aromatic heterocycles. The first-order valence-corrected chi connectivity index (χ1v) is 21.0. The van der Waals surface area contributed by atoms with Crippen LogP contribution in [0.1, 0.15) is 33.4 Å². The number of hydrogen-bond donors (Lipinski definition) is 0. The van der Waals surface area contributed by atoms with Gasteiger partial charge in [0.15, 0.2) is 0 Å². The molecule has 42 heavy (non-hydrogen) atoms. The van der Waals surface area contributed by atoms with E-state index in [-0.39, 0.29) is 0 Å². The summed E-state index contributed by atoms with van der Waals surface area (Å²) < 4.78 is 0. The zero-order valence-corrected chi connectivity index (χ0v) is 27.1. The third-order valence-corrected chi connectivity index (χ3v) is 8.06. The summed E-state index contributed by atoms with van der Waals surface area (Å²) in [6, 6.07) is 32.8. The maximum Gasteiger partial charge on any atom is 0.129 e. The van der Waals surface area contributed by atoms with E-state index in [1.165, 1.54) is 0 Å². The molecule has 0 aliphatic rings. The Labute approximate surface area is 252 Å². The van der Waals surface area contributed by atoms with Crippen LogP contribution in [0.5, 0.6) is 0 Å². The maximum atomic E-state index is 9.98. The lowest BCUT2D eigenvalue weighted by molar-refractivity contribution is 1.52. The van der Waals surface area contributed by atoms with Crippen LogP contribution in [-0.4, -0.2) is 16.1 Å². The van der Waals surface area contributed by atoms with E-state index in [0.29, 0.717) is 11.1 Å². The van der Waals surface area contributed by atoms with E-state index in [9.17, 15) is 10.5 Å². The van der Waals surface area contributed by atoms with Gasteiger partial charge in [-0.1, -0.05) is 99.7 Å². The molecule has 0 heterocycles. The fraction of sp³-hybridized carbons (Fsp3) is 0.158. The van der Waals surface area contributed by atoms with Crippen LogP contribution in [0.4, 0.5) is 0 Å². The standard InChI is InChI=1S/C38H34N2Si2/c1-41(2,3)21-19-29-7-11-31(12-8-29)23-37(27-39)34-17-15-33-16-18-35(26-36(33)25-34)38(28-40)24-32-13-9-30(10-14-32)20-22-42(4,5)6/h7-18,23-26H,1-6H3/b37-23-,38-24+. The minimum Gasteiger partial charge on any atom is -0.192 e. The summed E-state index contributed by atoms with van der Waals surface area (Å²) in [4.78, 5) is 0. The van der Waals surface area contributed by atoms with E-state index in [0.717, 1.165) is 44.2 Å². The van der Waals surface area contributed by atoms with Crippen LogP contribution < -0.4 is 0 Å². The van der Waals surface area contributed by atoms with Crippen molar-refractivity contribution in [3.8, 4) is 35.1 Å². The zero-order valence-electron chi connectivity index (χ0n) is 25.1. The molecule has 2 nitrogen and oxygen atoms in total. The second-order valence-corrected chi connectivity index (χ2v) is 21.9. The Bertz CT molecular complexity index is 1750. The lowest BCUT2D eigenvalue weighted by atomic mass is 9.96. The highest BCUT2D eigenvalue weighted by atomic mass is 28.3. The van der Waals surface area contributed by atoms with Crippen LogP contribution in [0, 0.1) is 45.6 Å². The molecule has 4 rings (SSSR count). The van der Waals surface area contributed by atoms with Gasteiger partial charge in [0.25, 0.3) is 0 Å². The highest BCUT2D eigenvalue weighted by Crippen LogP contribution is 2.27. The number of hydrogen-bond acceptors (Lipinski definition) is 2. The Balaban J connectivity index is 1.62. The van der Waals surface area contributed by atoms with Gasteiger partial charge in [0.2, 0.25) is 0 Å². The minimum atomic E-state index is -1.44. The number of nitriles is 2. The molecule has 0 fully saturated rings. The first-order chi connectivity index (χ1) is 19.9. The van der Waals surface area contributed by atoms with Gasteiger partial charge in [-0.25, -0.2) is 0 Å². The summed E-state index contributed by atoms with van der Waals surface area (Å²) in [6.45, 7) is 13.4. The van der Waals surface area contributed by atoms with Crippen molar-refractivity contribution in [2.24, 2.45) is 0 Å². The van der Waals surface area contributed by atoms with Crippen LogP contribution in [0.3, 0.4) is 0 Å². The molecule has 0 amide bonds. The summed E-state index contributed by atoms with van der Waals surface area (Å²) in [6.07, 6.45) is 3.80. The Morgan fingerprint density at radius 1 is 0.524 bits per heavy atom. The first-order valence-electron chi connectivity index (χ1n) is 14.0. The van der Waals surface area contributed by atoms with E-state index >= 15 is 0 Å². The summed E-state index contributed by atoms with van der Waals surface area (Å²) >= 11 is 0. The number of benzene rings is 4. The van der Waals surface area contributed by atoms with E-state index in [2.05, 4.69) is 74.3 Å². The van der Waals surface area contributed by atoms with Gasteiger partial charge in [-0.05, 0) is 81.6 Å². The Hall–Kier alpha value is -4.85. The molecule has 4 aromatic carbocycles. The third kappa shape index (κ3) is 8.57. The van der Waals surface area contributed by atoms with Crippen molar-refractivity contribution in [1.82, 2.24) is 0 Å². The van der Waals surface area contributed by atoms with Crippen molar-refractivity contribution >= 4 is 50.2 Å². The van der Waals surface area contributed by atoms with Crippen molar-refractivity contribution in [3.63, 3.8) is 0 Å². The molecule has 0 saturated heterocycles. The van der Waals surface area contributed by atoms with Crippen molar-refractivity contribution in [1.29, 1.82) is 10.5 Å². The zero-order chi connectivity index (χ0) is 30.3. The monoisotopic (exact) mass is 574 g/mol. The third-order valence-electron chi connectivity index (χ3n) is 6.31. The lowest BCUT2D eigenvalue weighted by Crippen LogP contribution is -2.16. The van der Waals surface area contributed by atoms with Crippen LogP contribution in [-0.2, 0) is 0 Å². The number of allylic oxidation sites excluding steroid dienone is 2. The highest BCUT2D eigenvalue weighted by molar-refractivity contribution is 6.84. The molecule has 0 unspecified atom stereocenters. The number of fused-ring (bicyclic) bond motifs is 1. The van der Waals surface area contributed by atoms with Gasteiger partial charge in [0.05, 0.1) is 23.3 Å².